The van der Waals surface area contributed by atoms with Crippen molar-refractivity contribution in [2.24, 2.45) is 0 Å². The van der Waals surface area contributed by atoms with Crippen LogP contribution in [-0.4, -0.2) is 28.9 Å². The highest BCUT2D eigenvalue weighted by molar-refractivity contribution is 7.10. The van der Waals surface area contributed by atoms with Gasteiger partial charge in [0.2, 0.25) is 0 Å². The van der Waals surface area contributed by atoms with Crippen LogP contribution in [0.25, 0.3) is 0 Å². The second-order valence-electron chi connectivity index (χ2n) is 5.17. The molecule has 0 atom stereocenters. The lowest BCUT2D eigenvalue weighted by molar-refractivity contribution is 0.0736. The lowest BCUT2D eigenvalue weighted by atomic mass is 10.1. The number of nitrogens with one attached hydrogen (secondary N) is 1. The van der Waals surface area contributed by atoms with Gasteiger partial charge in [0.25, 0.3) is 5.91 Å². The van der Waals surface area contributed by atoms with Crippen molar-refractivity contribution in [2.75, 3.05) is 18.4 Å². The molecule has 1 amide bonds. The van der Waals surface area contributed by atoms with E-state index in [0.29, 0.717) is 17.9 Å². The SMILES string of the molecule is CCCNc1ncccc1C(=O)N1CCc2sccc2C1. The Morgan fingerprint density at radius 3 is 3.24 bits per heavy atom. The van der Waals surface area contributed by atoms with Crippen LogP contribution < -0.4 is 5.32 Å². The molecule has 3 heterocycles. The van der Waals surface area contributed by atoms with Crippen molar-refractivity contribution < 1.29 is 4.79 Å². The van der Waals surface area contributed by atoms with Crippen molar-refractivity contribution >= 4 is 23.1 Å². The summed E-state index contributed by atoms with van der Waals surface area (Å²) in [5.41, 5.74) is 1.95. The first-order valence-corrected chi connectivity index (χ1v) is 8.21. The van der Waals surface area contributed by atoms with Gasteiger partial charge in [-0.3, -0.25) is 4.79 Å². The normalized spacial score (nSPS) is 13.9. The fourth-order valence-corrected chi connectivity index (χ4v) is 3.44. The van der Waals surface area contributed by atoms with Gasteiger partial charge in [0.1, 0.15) is 5.82 Å². The average molecular weight is 301 g/mol. The van der Waals surface area contributed by atoms with E-state index in [1.165, 1.54) is 10.4 Å². The van der Waals surface area contributed by atoms with Crippen LogP contribution in [0.15, 0.2) is 29.8 Å². The standard InChI is InChI=1S/C16H19N3OS/c1-2-7-17-15-13(4-3-8-18-15)16(20)19-9-5-14-12(11-19)6-10-21-14/h3-4,6,8,10H,2,5,7,9,11H2,1H3,(H,17,18). The Morgan fingerprint density at radius 1 is 1.48 bits per heavy atom. The monoisotopic (exact) mass is 301 g/mol. The van der Waals surface area contributed by atoms with Crippen LogP contribution in [-0.2, 0) is 13.0 Å². The van der Waals surface area contributed by atoms with Gasteiger partial charge < -0.3 is 10.2 Å². The number of anilines is 1. The number of amides is 1. The van der Waals surface area contributed by atoms with Crippen LogP contribution in [0.5, 0.6) is 0 Å². The van der Waals surface area contributed by atoms with E-state index in [1.54, 1.807) is 17.5 Å². The highest BCUT2D eigenvalue weighted by Gasteiger charge is 2.24. The summed E-state index contributed by atoms with van der Waals surface area (Å²) in [6, 6.07) is 5.81. The molecule has 1 aliphatic rings. The molecule has 110 valence electrons. The van der Waals surface area contributed by atoms with E-state index in [9.17, 15) is 4.79 Å². The summed E-state index contributed by atoms with van der Waals surface area (Å²) in [5, 5.41) is 5.35. The van der Waals surface area contributed by atoms with Crippen molar-refractivity contribution in [3.05, 3.63) is 45.8 Å². The summed E-state index contributed by atoms with van der Waals surface area (Å²) < 4.78 is 0. The molecule has 1 aliphatic heterocycles. The highest BCUT2D eigenvalue weighted by Crippen LogP contribution is 2.26. The van der Waals surface area contributed by atoms with Gasteiger partial charge in [-0.1, -0.05) is 6.92 Å². The number of nitrogens with zero attached hydrogens (tertiary/aromatic N) is 2. The number of carbonyl (C=O) groups is 1. The van der Waals surface area contributed by atoms with Crippen molar-refractivity contribution in [3.8, 4) is 0 Å². The smallest absolute Gasteiger partial charge is 0.257 e. The maximum absolute atomic E-state index is 12.8. The molecule has 0 aliphatic carbocycles. The van der Waals surface area contributed by atoms with E-state index in [1.807, 2.05) is 17.0 Å². The van der Waals surface area contributed by atoms with Gasteiger partial charge >= 0.3 is 0 Å². The predicted octanol–water partition coefficient (Wildman–Crippen LogP) is 3.16. The number of rotatable bonds is 4. The molecule has 0 bridgehead atoms. The van der Waals surface area contributed by atoms with Crippen LogP contribution in [0, 0.1) is 0 Å². The minimum Gasteiger partial charge on any atom is -0.369 e. The van der Waals surface area contributed by atoms with Gasteiger partial charge in [-0.15, -0.1) is 11.3 Å². The Labute approximate surface area is 128 Å². The van der Waals surface area contributed by atoms with Crippen molar-refractivity contribution in [3.63, 3.8) is 0 Å². The number of carbonyl (C=O) groups excluding carboxylic acids is 1. The maximum atomic E-state index is 12.8. The van der Waals surface area contributed by atoms with Gasteiger partial charge in [-0.2, -0.15) is 0 Å². The van der Waals surface area contributed by atoms with E-state index in [2.05, 4.69) is 28.7 Å². The van der Waals surface area contributed by atoms with Crippen molar-refractivity contribution in [2.45, 2.75) is 26.3 Å². The largest absolute Gasteiger partial charge is 0.369 e. The van der Waals surface area contributed by atoms with E-state index >= 15 is 0 Å². The first-order valence-electron chi connectivity index (χ1n) is 7.33. The molecule has 1 N–H and O–H groups in total. The van der Waals surface area contributed by atoms with Crippen molar-refractivity contribution in [1.29, 1.82) is 0 Å². The minimum absolute atomic E-state index is 0.0681. The second-order valence-corrected chi connectivity index (χ2v) is 6.17. The lowest BCUT2D eigenvalue weighted by Crippen LogP contribution is -2.35. The topological polar surface area (TPSA) is 45.2 Å². The zero-order valence-corrected chi connectivity index (χ0v) is 12.9. The number of fused-ring (bicyclic) bond motifs is 1. The van der Waals surface area contributed by atoms with Crippen LogP contribution in [0.3, 0.4) is 0 Å². The third kappa shape index (κ3) is 2.93. The molecule has 0 spiro atoms. The van der Waals surface area contributed by atoms with Crippen LogP contribution in [0.4, 0.5) is 5.82 Å². The predicted molar refractivity (Wildman–Crippen MR) is 85.8 cm³/mol. The zero-order valence-electron chi connectivity index (χ0n) is 12.1. The van der Waals surface area contributed by atoms with Crippen molar-refractivity contribution in [1.82, 2.24) is 9.88 Å². The summed E-state index contributed by atoms with van der Waals surface area (Å²) >= 11 is 1.79. The molecule has 21 heavy (non-hydrogen) atoms. The Bertz CT molecular complexity index is 638. The number of hydrogen-bond acceptors (Lipinski definition) is 4. The van der Waals surface area contributed by atoms with Gasteiger partial charge in [-0.05, 0) is 42.0 Å². The molecule has 5 heteroatoms. The molecule has 2 aromatic heterocycles. The quantitative estimate of drug-likeness (QED) is 0.943. The lowest BCUT2D eigenvalue weighted by Gasteiger charge is -2.27. The molecule has 2 aromatic rings. The first-order chi connectivity index (χ1) is 10.3. The molecule has 0 saturated carbocycles. The van der Waals surface area contributed by atoms with Gasteiger partial charge in [0.15, 0.2) is 0 Å². The molecule has 0 fully saturated rings. The van der Waals surface area contributed by atoms with Gasteiger partial charge in [0.05, 0.1) is 5.56 Å². The van der Waals surface area contributed by atoms with Crippen LogP contribution in [0.2, 0.25) is 0 Å². The van der Waals surface area contributed by atoms with Crippen LogP contribution >= 0.6 is 11.3 Å². The zero-order chi connectivity index (χ0) is 14.7. The fourth-order valence-electron chi connectivity index (χ4n) is 2.55. The van der Waals surface area contributed by atoms with Gasteiger partial charge in [0, 0.05) is 30.7 Å². The Kier molecular flexibility index (Phi) is 4.20. The summed E-state index contributed by atoms with van der Waals surface area (Å²) in [6.07, 6.45) is 3.69. The van der Waals surface area contributed by atoms with Crippen LogP contribution in [0.1, 0.15) is 34.1 Å². The molecule has 4 nitrogen and oxygen atoms in total. The molecule has 0 radical (unpaired) electrons. The van der Waals surface area contributed by atoms with Gasteiger partial charge in [-0.25, -0.2) is 4.98 Å². The van der Waals surface area contributed by atoms with E-state index in [-0.39, 0.29) is 5.91 Å². The third-order valence-corrected chi connectivity index (χ3v) is 4.70. The molecule has 0 saturated heterocycles. The Balaban J connectivity index is 1.80. The maximum Gasteiger partial charge on any atom is 0.257 e. The molecule has 0 aromatic carbocycles. The number of pyridine rings is 1. The highest BCUT2D eigenvalue weighted by atomic mass is 32.1. The fraction of sp³-hybridized carbons (Fsp3) is 0.375. The number of hydrogen-bond donors (Lipinski definition) is 1. The summed E-state index contributed by atoms with van der Waals surface area (Å²) in [7, 11) is 0. The second kappa shape index (κ2) is 6.26. The first kappa shape index (κ1) is 14.1. The molecular formula is C16H19N3OS. The summed E-state index contributed by atoms with van der Waals surface area (Å²) in [6.45, 7) is 4.42. The van der Waals surface area contributed by atoms with E-state index in [4.69, 9.17) is 0 Å². The minimum atomic E-state index is 0.0681. The Hall–Kier alpha value is -1.88. The average Bonchev–Trinajstić information content (AvgIpc) is 3.00. The number of aromatic nitrogens is 1. The van der Waals surface area contributed by atoms with E-state index in [0.717, 1.165) is 25.9 Å². The molecule has 0 unspecified atom stereocenters. The molecular weight excluding hydrogens is 282 g/mol. The number of thiophene rings is 1. The molecule has 3 rings (SSSR count). The summed E-state index contributed by atoms with van der Waals surface area (Å²) in [5.74, 6) is 0.763. The van der Waals surface area contributed by atoms with E-state index < -0.39 is 0 Å². The Morgan fingerprint density at radius 2 is 2.38 bits per heavy atom. The summed E-state index contributed by atoms with van der Waals surface area (Å²) in [4.78, 5) is 20.4. The third-order valence-electron chi connectivity index (χ3n) is 3.68.